The predicted octanol–water partition coefficient (Wildman–Crippen LogP) is 3.72. The van der Waals surface area contributed by atoms with E-state index in [9.17, 15) is 5.11 Å². The lowest BCUT2D eigenvalue weighted by molar-refractivity contribution is 0.166. The van der Waals surface area contributed by atoms with Gasteiger partial charge in [0.05, 0.1) is 6.10 Å². The first kappa shape index (κ1) is 11.0. The van der Waals surface area contributed by atoms with Crippen molar-refractivity contribution >= 4 is 11.6 Å². The molecule has 0 unspecified atom stereocenters. The summed E-state index contributed by atoms with van der Waals surface area (Å²) in [7, 11) is 0. The van der Waals surface area contributed by atoms with Crippen molar-refractivity contribution < 1.29 is 5.11 Å². The van der Waals surface area contributed by atoms with Crippen LogP contribution >= 0.6 is 11.6 Å². The molecule has 2 heteroatoms. The molecule has 0 amide bonds. The van der Waals surface area contributed by atoms with E-state index in [0.717, 1.165) is 35.4 Å². The molecule has 0 saturated heterocycles. The van der Waals surface area contributed by atoms with E-state index in [0.29, 0.717) is 0 Å². The number of hydrogen-bond acceptors (Lipinski definition) is 1. The summed E-state index contributed by atoms with van der Waals surface area (Å²) < 4.78 is 0. The molecule has 1 aliphatic carbocycles. The number of rotatable bonds is 0. The number of halogens is 1. The van der Waals surface area contributed by atoms with Crippen molar-refractivity contribution in [2.24, 2.45) is 0 Å². The molecule has 82 valence electrons. The Hall–Kier alpha value is -0.530. The fourth-order valence-corrected chi connectivity index (χ4v) is 2.78. The second-order valence-corrected chi connectivity index (χ2v) is 4.86. The SMILES string of the molecule is Cc1cc(Cl)c(C)c2c1CCCC[C@H]2O. The molecule has 15 heavy (non-hydrogen) atoms. The van der Waals surface area contributed by atoms with Crippen LogP contribution < -0.4 is 0 Å². The molecule has 1 N–H and O–H groups in total. The second kappa shape index (κ2) is 4.15. The van der Waals surface area contributed by atoms with Gasteiger partial charge in [0.1, 0.15) is 0 Å². The van der Waals surface area contributed by atoms with Crippen LogP contribution in [0.1, 0.15) is 47.6 Å². The molecule has 1 aromatic rings. The number of hydrogen-bond donors (Lipinski definition) is 1. The van der Waals surface area contributed by atoms with Gasteiger partial charge in [-0.1, -0.05) is 18.0 Å². The number of aliphatic hydroxyl groups excluding tert-OH is 1. The first-order chi connectivity index (χ1) is 7.11. The van der Waals surface area contributed by atoms with Crippen LogP contribution in [0.25, 0.3) is 0 Å². The normalized spacial score (nSPS) is 20.9. The fraction of sp³-hybridized carbons (Fsp3) is 0.538. The number of fused-ring (bicyclic) bond motifs is 1. The molecule has 0 spiro atoms. The van der Waals surface area contributed by atoms with E-state index in [1.54, 1.807) is 0 Å². The maximum Gasteiger partial charge on any atom is 0.0795 e. The average molecular weight is 225 g/mol. The molecule has 0 bridgehead atoms. The first-order valence-corrected chi connectivity index (χ1v) is 5.95. The maximum atomic E-state index is 10.1. The smallest absolute Gasteiger partial charge is 0.0795 e. The van der Waals surface area contributed by atoms with Gasteiger partial charge in [-0.3, -0.25) is 0 Å². The minimum Gasteiger partial charge on any atom is -0.388 e. The predicted molar refractivity (Wildman–Crippen MR) is 63.4 cm³/mol. The average Bonchev–Trinajstić information content (AvgIpc) is 2.37. The summed E-state index contributed by atoms with van der Waals surface area (Å²) in [6.45, 7) is 4.09. The number of aryl methyl sites for hydroxylation is 1. The molecule has 0 aliphatic heterocycles. The number of aliphatic hydroxyl groups is 1. The molecule has 1 nitrogen and oxygen atoms in total. The Bertz CT molecular complexity index is 385. The summed E-state index contributed by atoms with van der Waals surface area (Å²) in [6, 6.07) is 2.02. The maximum absolute atomic E-state index is 10.1. The molecule has 0 radical (unpaired) electrons. The molecule has 1 aromatic carbocycles. The topological polar surface area (TPSA) is 20.2 Å². The highest BCUT2D eigenvalue weighted by atomic mass is 35.5. The third-order valence-corrected chi connectivity index (χ3v) is 3.79. The molecule has 0 fully saturated rings. The summed E-state index contributed by atoms with van der Waals surface area (Å²) in [6.07, 6.45) is 3.90. The van der Waals surface area contributed by atoms with Gasteiger partial charge in [0.15, 0.2) is 0 Å². The van der Waals surface area contributed by atoms with Gasteiger partial charge in [0.25, 0.3) is 0 Å². The van der Waals surface area contributed by atoms with Gasteiger partial charge in [-0.2, -0.15) is 0 Å². The third kappa shape index (κ3) is 1.91. The van der Waals surface area contributed by atoms with Crippen LogP contribution in [0.5, 0.6) is 0 Å². The van der Waals surface area contributed by atoms with Gasteiger partial charge >= 0.3 is 0 Å². The summed E-state index contributed by atoms with van der Waals surface area (Å²) in [5.74, 6) is 0. The Kier molecular flexibility index (Phi) is 3.03. The standard InChI is InChI=1S/C13H17ClO/c1-8-7-11(14)9(2)13-10(8)5-3-4-6-12(13)15/h7,12,15H,3-6H2,1-2H3/t12-/m1/s1. The third-order valence-electron chi connectivity index (χ3n) is 3.39. The van der Waals surface area contributed by atoms with Crippen molar-refractivity contribution in [1.29, 1.82) is 0 Å². The quantitative estimate of drug-likeness (QED) is 0.666. The lowest BCUT2D eigenvalue weighted by atomic mass is 9.92. The monoisotopic (exact) mass is 224 g/mol. The van der Waals surface area contributed by atoms with Crippen molar-refractivity contribution in [1.82, 2.24) is 0 Å². The molecule has 1 atom stereocenters. The van der Waals surface area contributed by atoms with Crippen molar-refractivity contribution in [3.05, 3.63) is 33.3 Å². The summed E-state index contributed by atoms with van der Waals surface area (Å²) in [5.41, 5.74) is 4.70. The minimum absolute atomic E-state index is 0.320. The Balaban J connectivity index is 2.63. The minimum atomic E-state index is -0.320. The van der Waals surface area contributed by atoms with E-state index in [1.165, 1.54) is 17.5 Å². The lowest BCUT2D eigenvalue weighted by Gasteiger charge is -2.18. The van der Waals surface area contributed by atoms with E-state index >= 15 is 0 Å². The molecule has 1 aliphatic rings. The Morgan fingerprint density at radius 2 is 2.07 bits per heavy atom. The van der Waals surface area contributed by atoms with E-state index in [2.05, 4.69) is 6.92 Å². The highest BCUT2D eigenvalue weighted by Gasteiger charge is 2.21. The largest absolute Gasteiger partial charge is 0.388 e. The summed E-state index contributed by atoms with van der Waals surface area (Å²) >= 11 is 6.16. The van der Waals surface area contributed by atoms with Crippen molar-refractivity contribution in [3.8, 4) is 0 Å². The van der Waals surface area contributed by atoms with E-state index in [-0.39, 0.29) is 6.10 Å². The van der Waals surface area contributed by atoms with E-state index in [1.807, 2.05) is 13.0 Å². The van der Waals surface area contributed by atoms with Crippen LogP contribution in [-0.4, -0.2) is 5.11 Å². The molecular formula is C13H17ClO. The van der Waals surface area contributed by atoms with Gasteiger partial charge in [-0.15, -0.1) is 0 Å². The molecule has 0 aromatic heterocycles. The van der Waals surface area contributed by atoms with Gasteiger partial charge in [-0.25, -0.2) is 0 Å². The highest BCUT2D eigenvalue weighted by molar-refractivity contribution is 6.31. The Morgan fingerprint density at radius 3 is 2.80 bits per heavy atom. The van der Waals surface area contributed by atoms with Crippen LogP contribution in [-0.2, 0) is 6.42 Å². The molecule has 0 saturated carbocycles. The highest BCUT2D eigenvalue weighted by Crippen LogP contribution is 2.36. The van der Waals surface area contributed by atoms with Crippen LogP contribution in [0.4, 0.5) is 0 Å². The van der Waals surface area contributed by atoms with Crippen molar-refractivity contribution in [2.75, 3.05) is 0 Å². The summed E-state index contributed by atoms with van der Waals surface area (Å²) in [4.78, 5) is 0. The Morgan fingerprint density at radius 1 is 1.33 bits per heavy atom. The van der Waals surface area contributed by atoms with E-state index < -0.39 is 0 Å². The van der Waals surface area contributed by atoms with Crippen LogP contribution in [0.3, 0.4) is 0 Å². The fourth-order valence-electron chi connectivity index (χ4n) is 2.52. The van der Waals surface area contributed by atoms with Crippen LogP contribution in [0, 0.1) is 13.8 Å². The van der Waals surface area contributed by atoms with Gasteiger partial charge in [0.2, 0.25) is 0 Å². The first-order valence-electron chi connectivity index (χ1n) is 5.58. The Labute approximate surface area is 96.1 Å². The molecular weight excluding hydrogens is 208 g/mol. The van der Waals surface area contributed by atoms with Crippen molar-refractivity contribution in [3.63, 3.8) is 0 Å². The summed E-state index contributed by atoms with van der Waals surface area (Å²) in [5, 5.41) is 10.9. The van der Waals surface area contributed by atoms with Gasteiger partial charge in [-0.05, 0) is 61.4 Å². The molecule has 2 rings (SSSR count). The second-order valence-electron chi connectivity index (χ2n) is 4.45. The zero-order valence-corrected chi connectivity index (χ0v) is 10.1. The van der Waals surface area contributed by atoms with Crippen LogP contribution in [0.2, 0.25) is 5.02 Å². The van der Waals surface area contributed by atoms with Gasteiger partial charge in [0, 0.05) is 5.02 Å². The van der Waals surface area contributed by atoms with Crippen LogP contribution in [0.15, 0.2) is 6.07 Å². The zero-order chi connectivity index (χ0) is 11.0. The lowest BCUT2D eigenvalue weighted by Crippen LogP contribution is -2.04. The number of benzene rings is 1. The van der Waals surface area contributed by atoms with E-state index in [4.69, 9.17) is 11.6 Å². The van der Waals surface area contributed by atoms with Gasteiger partial charge < -0.3 is 5.11 Å². The van der Waals surface area contributed by atoms with Crippen molar-refractivity contribution in [2.45, 2.75) is 45.6 Å². The molecule has 0 heterocycles. The zero-order valence-electron chi connectivity index (χ0n) is 9.31.